The maximum absolute atomic E-state index is 13.0. The molecule has 2 N–H and O–H groups in total. The number of nitrogen functional groups attached to an aromatic ring is 1. The third kappa shape index (κ3) is 1.32. The highest BCUT2D eigenvalue weighted by Crippen LogP contribution is 2.34. The zero-order valence-electron chi connectivity index (χ0n) is 6.82. The number of ether oxygens (including phenoxy) is 1. The minimum Gasteiger partial charge on any atom is -0.492 e. The first-order valence-electron chi connectivity index (χ1n) is 3.36. The summed E-state index contributed by atoms with van der Waals surface area (Å²) in [4.78, 5) is 0. The molecule has 1 aromatic carbocycles. The van der Waals surface area contributed by atoms with Gasteiger partial charge in [0.25, 0.3) is 0 Å². The van der Waals surface area contributed by atoms with Crippen LogP contribution >= 0.6 is 11.6 Å². The number of halogens is 2. The number of aryl methyl sites for hydroxylation is 1. The molecule has 0 spiro atoms. The summed E-state index contributed by atoms with van der Waals surface area (Å²) in [5, 5.41) is 0.134. The Morgan fingerprint density at radius 1 is 1.58 bits per heavy atom. The van der Waals surface area contributed by atoms with Crippen molar-refractivity contribution in [1.82, 2.24) is 0 Å². The summed E-state index contributed by atoms with van der Waals surface area (Å²) in [5.74, 6) is -0.492. The van der Waals surface area contributed by atoms with Crippen LogP contribution < -0.4 is 10.5 Å². The van der Waals surface area contributed by atoms with E-state index in [1.165, 1.54) is 13.2 Å². The van der Waals surface area contributed by atoms with E-state index < -0.39 is 5.82 Å². The molecule has 0 saturated heterocycles. The number of methoxy groups -OCH3 is 1. The second-order valence-corrected chi connectivity index (χ2v) is 2.81. The molecule has 0 fully saturated rings. The van der Waals surface area contributed by atoms with Crippen molar-refractivity contribution in [1.29, 1.82) is 0 Å². The molecule has 0 radical (unpaired) electrons. The van der Waals surface area contributed by atoms with Crippen LogP contribution in [-0.2, 0) is 0 Å². The molecule has 0 aliphatic heterocycles. The van der Waals surface area contributed by atoms with Gasteiger partial charge in [-0.2, -0.15) is 0 Å². The quantitative estimate of drug-likeness (QED) is 0.689. The van der Waals surface area contributed by atoms with Crippen LogP contribution in [0.15, 0.2) is 6.07 Å². The summed E-state index contributed by atoms with van der Waals surface area (Å²) in [7, 11) is 1.35. The van der Waals surface area contributed by atoms with Crippen molar-refractivity contribution in [3.8, 4) is 5.75 Å². The monoisotopic (exact) mass is 189 g/mol. The topological polar surface area (TPSA) is 35.2 Å². The second-order valence-electron chi connectivity index (χ2n) is 2.44. The van der Waals surface area contributed by atoms with E-state index in [4.69, 9.17) is 22.1 Å². The van der Waals surface area contributed by atoms with Gasteiger partial charge in [-0.25, -0.2) is 4.39 Å². The molecule has 0 amide bonds. The van der Waals surface area contributed by atoms with Gasteiger partial charge in [0.05, 0.1) is 12.8 Å². The molecule has 0 unspecified atom stereocenters. The zero-order valence-corrected chi connectivity index (χ0v) is 7.57. The minimum absolute atomic E-state index is 0.000216. The zero-order chi connectivity index (χ0) is 9.30. The molecule has 0 heterocycles. The first-order valence-corrected chi connectivity index (χ1v) is 3.73. The summed E-state index contributed by atoms with van der Waals surface area (Å²) in [6, 6.07) is 1.29. The fourth-order valence-corrected chi connectivity index (χ4v) is 1.24. The summed E-state index contributed by atoms with van der Waals surface area (Å²) in [6.07, 6.45) is 0. The van der Waals surface area contributed by atoms with Crippen molar-refractivity contribution >= 4 is 17.3 Å². The Morgan fingerprint density at radius 2 is 2.17 bits per heavy atom. The van der Waals surface area contributed by atoms with Gasteiger partial charge in [-0.1, -0.05) is 11.6 Å². The molecule has 1 aromatic rings. The van der Waals surface area contributed by atoms with Gasteiger partial charge < -0.3 is 10.5 Å². The average Bonchev–Trinajstić information content (AvgIpc) is 2.01. The summed E-state index contributed by atoms with van der Waals surface area (Å²) < 4.78 is 17.8. The molecular weight excluding hydrogens is 181 g/mol. The minimum atomic E-state index is -0.491. The van der Waals surface area contributed by atoms with Crippen LogP contribution in [-0.4, -0.2) is 7.11 Å². The van der Waals surface area contributed by atoms with Crippen molar-refractivity contribution in [2.75, 3.05) is 12.8 Å². The molecule has 0 saturated carbocycles. The lowest BCUT2D eigenvalue weighted by molar-refractivity contribution is 0.387. The smallest absolute Gasteiger partial charge is 0.175 e. The van der Waals surface area contributed by atoms with E-state index >= 15 is 0 Å². The Balaban J connectivity index is 3.40. The Hall–Kier alpha value is -0.960. The number of nitrogens with two attached hydrogens (primary N) is 1. The molecule has 66 valence electrons. The summed E-state index contributed by atoms with van der Waals surface area (Å²) in [5.41, 5.74) is 6.51. The van der Waals surface area contributed by atoms with Crippen LogP contribution in [0, 0.1) is 12.7 Å². The Labute approximate surface area is 75.1 Å². The maximum Gasteiger partial charge on any atom is 0.175 e. The van der Waals surface area contributed by atoms with Crippen molar-refractivity contribution in [2.24, 2.45) is 0 Å². The number of hydrogen-bond acceptors (Lipinski definition) is 2. The molecule has 12 heavy (non-hydrogen) atoms. The second kappa shape index (κ2) is 3.19. The van der Waals surface area contributed by atoms with Crippen molar-refractivity contribution in [2.45, 2.75) is 6.92 Å². The number of hydrogen-bond donors (Lipinski definition) is 1. The standard InChI is InChI=1S/C8H9ClFNO/c1-4-3-5(10)8(12-2)6(9)7(4)11/h3H,11H2,1-2H3. The largest absolute Gasteiger partial charge is 0.492 e. The highest BCUT2D eigenvalue weighted by molar-refractivity contribution is 6.34. The Morgan fingerprint density at radius 3 is 2.67 bits per heavy atom. The molecular formula is C8H9ClFNO. The Bertz CT molecular complexity index is 314. The third-order valence-electron chi connectivity index (χ3n) is 1.62. The average molecular weight is 190 g/mol. The molecule has 0 atom stereocenters. The van der Waals surface area contributed by atoms with Gasteiger partial charge in [-0.3, -0.25) is 0 Å². The highest BCUT2D eigenvalue weighted by atomic mass is 35.5. The van der Waals surface area contributed by atoms with Gasteiger partial charge in [-0.15, -0.1) is 0 Å². The van der Waals surface area contributed by atoms with Crippen LogP contribution in [0.25, 0.3) is 0 Å². The predicted octanol–water partition coefficient (Wildman–Crippen LogP) is 2.38. The fraction of sp³-hybridized carbons (Fsp3) is 0.250. The number of benzene rings is 1. The first kappa shape index (κ1) is 9.13. The van der Waals surface area contributed by atoms with Gasteiger partial charge >= 0.3 is 0 Å². The van der Waals surface area contributed by atoms with E-state index in [2.05, 4.69) is 0 Å². The third-order valence-corrected chi connectivity index (χ3v) is 2.00. The molecule has 1 rings (SSSR count). The molecule has 0 aliphatic rings. The SMILES string of the molecule is COc1c(F)cc(C)c(N)c1Cl. The van der Waals surface area contributed by atoms with Gasteiger partial charge in [0.15, 0.2) is 11.6 Å². The Kier molecular flexibility index (Phi) is 2.43. The van der Waals surface area contributed by atoms with Crippen LogP contribution in [0.4, 0.5) is 10.1 Å². The van der Waals surface area contributed by atoms with Gasteiger partial charge in [0.1, 0.15) is 5.02 Å². The van der Waals surface area contributed by atoms with E-state index in [-0.39, 0.29) is 10.8 Å². The lowest BCUT2D eigenvalue weighted by atomic mass is 10.2. The van der Waals surface area contributed by atoms with E-state index in [1.54, 1.807) is 6.92 Å². The van der Waals surface area contributed by atoms with Gasteiger partial charge in [-0.05, 0) is 18.6 Å². The van der Waals surface area contributed by atoms with Crippen LogP contribution in [0.1, 0.15) is 5.56 Å². The van der Waals surface area contributed by atoms with Crippen LogP contribution in [0.2, 0.25) is 5.02 Å². The maximum atomic E-state index is 13.0. The number of rotatable bonds is 1. The molecule has 0 aromatic heterocycles. The molecule has 4 heteroatoms. The lowest BCUT2D eigenvalue weighted by Gasteiger charge is -2.08. The molecule has 0 bridgehead atoms. The van der Waals surface area contributed by atoms with Gasteiger partial charge in [0.2, 0.25) is 0 Å². The normalized spacial score (nSPS) is 10.0. The van der Waals surface area contributed by atoms with E-state index in [1.807, 2.05) is 0 Å². The molecule has 0 aliphatic carbocycles. The fourth-order valence-electron chi connectivity index (χ4n) is 0.921. The predicted molar refractivity (Wildman–Crippen MR) is 47.1 cm³/mol. The number of anilines is 1. The van der Waals surface area contributed by atoms with Crippen molar-refractivity contribution < 1.29 is 9.13 Å². The van der Waals surface area contributed by atoms with Gasteiger partial charge in [0, 0.05) is 0 Å². The molecule has 2 nitrogen and oxygen atoms in total. The highest BCUT2D eigenvalue weighted by Gasteiger charge is 2.12. The first-order chi connectivity index (χ1) is 5.57. The van der Waals surface area contributed by atoms with E-state index in [9.17, 15) is 4.39 Å². The van der Waals surface area contributed by atoms with E-state index in [0.717, 1.165) is 0 Å². The summed E-state index contributed by atoms with van der Waals surface area (Å²) >= 11 is 5.71. The van der Waals surface area contributed by atoms with Crippen LogP contribution in [0.3, 0.4) is 0 Å². The van der Waals surface area contributed by atoms with Crippen molar-refractivity contribution in [3.05, 3.63) is 22.5 Å². The van der Waals surface area contributed by atoms with Crippen molar-refractivity contribution in [3.63, 3.8) is 0 Å². The summed E-state index contributed by atoms with van der Waals surface area (Å²) in [6.45, 7) is 1.68. The van der Waals surface area contributed by atoms with Crippen LogP contribution in [0.5, 0.6) is 5.75 Å². The van der Waals surface area contributed by atoms with E-state index in [0.29, 0.717) is 11.3 Å². The lowest BCUT2D eigenvalue weighted by Crippen LogP contribution is -1.97.